The van der Waals surface area contributed by atoms with Gasteiger partial charge in [-0.2, -0.15) is 0 Å². The normalized spacial score (nSPS) is 14.7. The van der Waals surface area contributed by atoms with E-state index in [9.17, 15) is 4.79 Å². The summed E-state index contributed by atoms with van der Waals surface area (Å²) in [7, 11) is 0. The molecule has 1 heterocycles. The molecule has 0 unspecified atom stereocenters. The van der Waals surface area contributed by atoms with Crippen molar-refractivity contribution in [1.82, 2.24) is 14.9 Å². The van der Waals surface area contributed by atoms with Gasteiger partial charge >= 0.3 is 0 Å². The van der Waals surface area contributed by atoms with E-state index in [1.807, 2.05) is 18.2 Å². The third-order valence-corrected chi connectivity index (χ3v) is 6.72. The van der Waals surface area contributed by atoms with E-state index in [0.29, 0.717) is 19.1 Å². The Kier molecular flexibility index (Phi) is 7.69. The zero-order valence-electron chi connectivity index (χ0n) is 20.3. The van der Waals surface area contributed by atoms with Gasteiger partial charge in [0, 0.05) is 18.9 Å². The van der Waals surface area contributed by atoms with Crippen molar-refractivity contribution in [3.8, 4) is 5.75 Å². The highest BCUT2D eigenvalue weighted by Gasteiger charge is 2.21. The number of aromatic nitrogens is 2. The second kappa shape index (κ2) is 10.9. The summed E-state index contributed by atoms with van der Waals surface area (Å²) in [6.45, 7) is 8.40. The summed E-state index contributed by atoms with van der Waals surface area (Å²) < 4.78 is 8.50. The first-order chi connectivity index (χ1) is 16.0. The van der Waals surface area contributed by atoms with E-state index >= 15 is 0 Å². The third-order valence-electron chi connectivity index (χ3n) is 6.72. The number of imidazole rings is 1. The van der Waals surface area contributed by atoms with Crippen LogP contribution in [-0.2, 0) is 17.8 Å². The predicted molar refractivity (Wildman–Crippen MR) is 134 cm³/mol. The molecule has 0 radical (unpaired) electrons. The van der Waals surface area contributed by atoms with E-state index in [0.717, 1.165) is 48.4 Å². The van der Waals surface area contributed by atoms with Crippen molar-refractivity contribution in [3.05, 3.63) is 59.4 Å². The minimum atomic E-state index is 0.190. The number of nitrogens with one attached hydrogen (secondary N) is 1. The molecule has 0 saturated heterocycles. The number of aryl methyl sites for hydroxylation is 1. The standard InChI is InChI=1S/C28H37N3O2/c1-20(2)23-14-13-21(3)19-26(23)33-18-17-31-25-12-8-7-11-24(25)30-27(31)15-16-29-28(32)22-9-5-4-6-10-22/h7-8,11-14,19-20,22H,4-6,9-10,15-18H2,1-3H3,(H,29,32). The van der Waals surface area contributed by atoms with Crippen LogP contribution in [0.2, 0.25) is 0 Å². The van der Waals surface area contributed by atoms with Crippen LogP contribution in [0.1, 0.15) is 68.8 Å². The lowest BCUT2D eigenvalue weighted by Crippen LogP contribution is -2.33. The maximum Gasteiger partial charge on any atom is 0.223 e. The summed E-state index contributed by atoms with van der Waals surface area (Å²) in [5.74, 6) is 2.78. The quantitative estimate of drug-likeness (QED) is 0.452. The number of nitrogens with zero attached hydrogens (tertiary/aromatic N) is 2. The fraction of sp³-hybridized carbons (Fsp3) is 0.500. The Labute approximate surface area is 197 Å². The Morgan fingerprint density at radius 1 is 1.15 bits per heavy atom. The van der Waals surface area contributed by atoms with Crippen molar-refractivity contribution >= 4 is 16.9 Å². The molecule has 33 heavy (non-hydrogen) atoms. The zero-order valence-corrected chi connectivity index (χ0v) is 20.3. The van der Waals surface area contributed by atoms with E-state index in [4.69, 9.17) is 9.72 Å². The maximum atomic E-state index is 12.5. The van der Waals surface area contributed by atoms with Crippen LogP contribution in [0.25, 0.3) is 11.0 Å². The van der Waals surface area contributed by atoms with Gasteiger partial charge in [0.05, 0.1) is 17.6 Å². The van der Waals surface area contributed by atoms with Gasteiger partial charge < -0.3 is 14.6 Å². The molecule has 1 saturated carbocycles. The van der Waals surface area contributed by atoms with E-state index in [1.54, 1.807) is 0 Å². The molecule has 1 amide bonds. The molecule has 0 atom stereocenters. The molecule has 1 N–H and O–H groups in total. The van der Waals surface area contributed by atoms with Crippen molar-refractivity contribution in [1.29, 1.82) is 0 Å². The molecule has 0 bridgehead atoms. The number of amides is 1. The number of benzene rings is 2. The number of hydrogen-bond donors (Lipinski definition) is 1. The Balaban J connectivity index is 1.42. The molecule has 0 spiro atoms. The molecule has 176 valence electrons. The van der Waals surface area contributed by atoms with Gasteiger partial charge in [0.15, 0.2) is 0 Å². The Hall–Kier alpha value is -2.82. The number of carbonyl (C=O) groups excluding carboxylic acids is 1. The fourth-order valence-corrected chi connectivity index (χ4v) is 4.86. The molecular formula is C28H37N3O2. The summed E-state index contributed by atoms with van der Waals surface area (Å²) in [5, 5.41) is 3.16. The lowest BCUT2D eigenvalue weighted by Gasteiger charge is -2.20. The number of hydrogen-bond acceptors (Lipinski definition) is 3. The van der Waals surface area contributed by atoms with Gasteiger partial charge in [-0.25, -0.2) is 4.98 Å². The Morgan fingerprint density at radius 2 is 1.94 bits per heavy atom. The highest BCUT2D eigenvalue weighted by molar-refractivity contribution is 5.78. The molecule has 1 fully saturated rings. The van der Waals surface area contributed by atoms with Crippen LogP contribution < -0.4 is 10.1 Å². The molecule has 2 aromatic carbocycles. The summed E-state index contributed by atoms with van der Waals surface area (Å²) in [4.78, 5) is 17.4. The average Bonchev–Trinajstić information content (AvgIpc) is 3.17. The van der Waals surface area contributed by atoms with E-state index in [1.165, 1.54) is 30.4 Å². The second-order valence-corrected chi connectivity index (χ2v) is 9.59. The first-order valence-corrected chi connectivity index (χ1v) is 12.5. The van der Waals surface area contributed by atoms with E-state index < -0.39 is 0 Å². The van der Waals surface area contributed by atoms with Crippen LogP contribution >= 0.6 is 0 Å². The molecule has 5 heteroatoms. The molecule has 1 aliphatic carbocycles. The van der Waals surface area contributed by atoms with Gasteiger partial charge in [0.1, 0.15) is 18.2 Å². The molecular weight excluding hydrogens is 410 g/mol. The molecule has 5 nitrogen and oxygen atoms in total. The smallest absolute Gasteiger partial charge is 0.223 e. The summed E-state index contributed by atoms with van der Waals surface area (Å²) >= 11 is 0. The molecule has 1 aliphatic rings. The highest BCUT2D eigenvalue weighted by Crippen LogP contribution is 2.28. The number of carbonyl (C=O) groups is 1. The Bertz CT molecular complexity index is 1080. The number of ether oxygens (including phenoxy) is 1. The van der Waals surface area contributed by atoms with Crippen molar-refractivity contribution in [2.24, 2.45) is 5.92 Å². The molecule has 4 rings (SSSR count). The number of fused-ring (bicyclic) bond motifs is 1. The van der Waals surface area contributed by atoms with Gasteiger partial charge in [-0.05, 0) is 55.0 Å². The van der Waals surface area contributed by atoms with Crippen LogP contribution in [0.4, 0.5) is 0 Å². The first-order valence-electron chi connectivity index (χ1n) is 12.5. The summed E-state index contributed by atoms with van der Waals surface area (Å²) in [6, 6.07) is 14.7. The lowest BCUT2D eigenvalue weighted by atomic mass is 9.89. The minimum absolute atomic E-state index is 0.190. The first kappa shape index (κ1) is 23.3. The fourth-order valence-electron chi connectivity index (χ4n) is 4.86. The summed E-state index contributed by atoms with van der Waals surface area (Å²) in [5.41, 5.74) is 4.55. The SMILES string of the molecule is Cc1ccc(C(C)C)c(OCCn2c(CCNC(=O)C3CCCCC3)nc3ccccc32)c1. The van der Waals surface area contributed by atoms with E-state index in [-0.39, 0.29) is 11.8 Å². The summed E-state index contributed by atoms with van der Waals surface area (Å²) in [6.07, 6.45) is 6.38. The molecule has 3 aromatic rings. The van der Waals surface area contributed by atoms with Gasteiger partial charge in [-0.15, -0.1) is 0 Å². The average molecular weight is 448 g/mol. The van der Waals surface area contributed by atoms with Crippen LogP contribution in [0, 0.1) is 12.8 Å². The number of rotatable bonds is 9. The lowest BCUT2D eigenvalue weighted by molar-refractivity contribution is -0.125. The highest BCUT2D eigenvalue weighted by atomic mass is 16.5. The predicted octanol–water partition coefficient (Wildman–Crippen LogP) is 5.79. The minimum Gasteiger partial charge on any atom is -0.491 e. The topological polar surface area (TPSA) is 56.1 Å². The maximum absolute atomic E-state index is 12.5. The zero-order chi connectivity index (χ0) is 23.2. The van der Waals surface area contributed by atoms with Gasteiger partial charge in [0.2, 0.25) is 5.91 Å². The molecule has 0 aliphatic heterocycles. The van der Waals surface area contributed by atoms with Crippen molar-refractivity contribution in [2.75, 3.05) is 13.2 Å². The van der Waals surface area contributed by atoms with Crippen molar-refractivity contribution < 1.29 is 9.53 Å². The van der Waals surface area contributed by atoms with Gasteiger partial charge in [0.25, 0.3) is 0 Å². The van der Waals surface area contributed by atoms with Gasteiger partial charge in [-0.1, -0.05) is 57.4 Å². The molecule has 1 aromatic heterocycles. The van der Waals surface area contributed by atoms with Crippen LogP contribution in [-0.4, -0.2) is 28.6 Å². The number of para-hydroxylation sites is 2. The van der Waals surface area contributed by atoms with Crippen molar-refractivity contribution in [2.45, 2.75) is 71.8 Å². The van der Waals surface area contributed by atoms with E-state index in [2.05, 4.69) is 54.9 Å². The second-order valence-electron chi connectivity index (χ2n) is 9.59. The van der Waals surface area contributed by atoms with Crippen LogP contribution in [0.5, 0.6) is 5.75 Å². The van der Waals surface area contributed by atoms with Crippen LogP contribution in [0.15, 0.2) is 42.5 Å². The van der Waals surface area contributed by atoms with Crippen LogP contribution in [0.3, 0.4) is 0 Å². The van der Waals surface area contributed by atoms with Crippen molar-refractivity contribution in [3.63, 3.8) is 0 Å². The monoisotopic (exact) mass is 447 g/mol. The largest absolute Gasteiger partial charge is 0.491 e. The Morgan fingerprint density at radius 3 is 2.73 bits per heavy atom. The third kappa shape index (κ3) is 5.76. The van der Waals surface area contributed by atoms with Gasteiger partial charge in [-0.3, -0.25) is 4.79 Å².